The van der Waals surface area contributed by atoms with Crippen LogP contribution in [0.4, 0.5) is 0 Å². The Kier molecular flexibility index (Phi) is 26.5. The van der Waals surface area contributed by atoms with Crippen molar-refractivity contribution in [1.82, 2.24) is 0 Å². The summed E-state index contributed by atoms with van der Waals surface area (Å²) in [4.78, 5) is 32.7. The molecule has 2 atom stereocenters. The molecule has 0 spiro atoms. The summed E-state index contributed by atoms with van der Waals surface area (Å²) >= 11 is 0. The molecule has 34 heavy (non-hydrogen) atoms. The second-order valence-corrected chi connectivity index (χ2v) is 9.39. The number of hydrogen-bond donors (Lipinski definition) is 1. The lowest BCUT2D eigenvalue weighted by molar-refractivity contribution is -0.148. The summed E-state index contributed by atoms with van der Waals surface area (Å²) in [5.41, 5.74) is 0. The molecule has 0 aromatic carbocycles. The molecule has 202 valence electrons. The highest BCUT2D eigenvalue weighted by Crippen LogP contribution is 2.15. The quantitative estimate of drug-likeness (QED) is 0.131. The van der Waals surface area contributed by atoms with Gasteiger partial charge in [0.25, 0.3) is 5.97 Å². The number of carboxylic acid groups (broad SMARTS) is 1. The zero-order chi connectivity index (χ0) is 26.0. The van der Waals surface area contributed by atoms with Crippen LogP contribution >= 0.6 is 0 Å². The molecule has 0 amide bonds. The Hall–Kier alpha value is -1.59. The number of ether oxygens (including phenoxy) is 2. The van der Waals surface area contributed by atoms with Gasteiger partial charge in [0.2, 0.25) is 0 Å². The molecule has 6 heteroatoms. The number of carbonyl (C=O) groups excluding carboxylic acids is 2. The number of unbranched alkanes of at least 4 members (excludes halogenated alkanes) is 9. The lowest BCUT2D eigenvalue weighted by atomic mass is 10.0. The Morgan fingerprint density at radius 2 is 1.21 bits per heavy atom. The Bertz CT molecular complexity index is 487. The van der Waals surface area contributed by atoms with Crippen molar-refractivity contribution in [3.8, 4) is 0 Å². The van der Waals surface area contributed by atoms with Crippen LogP contribution in [0.15, 0.2) is 0 Å². The van der Waals surface area contributed by atoms with E-state index >= 15 is 0 Å². The van der Waals surface area contributed by atoms with E-state index in [4.69, 9.17) is 19.4 Å². The Balaban J connectivity index is 0. The predicted octanol–water partition coefficient (Wildman–Crippen LogP) is 7.86. The third-order valence-corrected chi connectivity index (χ3v) is 5.83. The molecule has 0 saturated carbocycles. The van der Waals surface area contributed by atoms with Crippen LogP contribution in [-0.4, -0.2) is 35.7 Å². The number of carboxylic acids is 1. The zero-order valence-corrected chi connectivity index (χ0v) is 22.9. The number of aliphatic carboxylic acids is 1. The third-order valence-electron chi connectivity index (χ3n) is 5.83. The van der Waals surface area contributed by atoms with Crippen molar-refractivity contribution in [2.24, 2.45) is 5.92 Å². The molecule has 0 rings (SSSR count). The Morgan fingerprint density at radius 3 is 1.76 bits per heavy atom. The minimum Gasteiger partial charge on any atom is -0.481 e. The van der Waals surface area contributed by atoms with Gasteiger partial charge in [0.1, 0.15) is 0 Å². The maximum Gasteiger partial charge on any atom is 0.306 e. The van der Waals surface area contributed by atoms with E-state index in [1.165, 1.54) is 32.1 Å². The van der Waals surface area contributed by atoms with Gasteiger partial charge in [-0.2, -0.15) is 0 Å². The average Bonchev–Trinajstić information content (AvgIpc) is 2.78. The summed E-state index contributed by atoms with van der Waals surface area (Å²) in [7, 11) is 0. The highest BCUT2D eigenvalue weighted by Gasteiger charge is 2.11. The van der Waals surface area contributed by atoms with Gasteiger partial charge in [-0.25, -0.2) is 0 Å². The first-order valence-corrected chi connectivity index (χ1v) is 13.8. The van der Waals surface area contributed by atoms with Gasteiger partial charge in [-0.15, -0.1) is 0 Å². The number of esters is 2. The first-order valence-electron chi connectivity index (χ1n) is 13.8. The predicted molar refractivity (Wildman–Crippen MR) is 139 cm³/mol. The van der Waals surface area contributed by atoms with Crippen molar-refractivity contribution >= 4 is 17.9 Å². The SMILES string of the molecule is CC(=O)O.CCCCCCCC(=O)OC(C)CCCCCCCC(=O)OCC(CC)CCCC. The van der Waals surface area contributed by atoms with Crippen LogP contribution in [0.3, 0.4) is 0 Å². The molecule has 6 nitrogen and oxygen atoms in total. The van der Waals surface area contributed by atoms with Crippen molar-refractivity contribution in [1.29, 1.82) is 0 Å². The first kappa shape index (κ1) is 34.6. The molecule has 0 aliphatic rings. The van der Waals surface area contributed by atoms with E-state index in [9.17, 15) is 9.59 Å². The normalized spacial score (nSPS) is 12.3. The summed E-state index contributed by atoms with van der Waals surface area (Å²) < 4.78 is 10.9. The summed E-state index contributed by atoms with van der Waals surface area (Å²) in [6, 6.07) is 0. The van der Waals surface area contributed by atoms with E-state index in [2.05, 4.69) is 20.8 Å². The lowest BCUT2D eigenvalue weighted by Gasteiger charge is -2.14. The van der Waals surface area contributed by atoms with Crippen LogP contribution < -0.4 is 0 Å². The van der Waals surface area contributed by atoms with Gasteiger partial charge in [0.15, 0.2) is 0 Å². The fourth-order valence-corrected chi connectivity index (χ4v) is 3.63. The van der Waals surface area contributed by atoms with E-state index in [0.717, 1.165) is 71.1 Å². The van der Waals surface area contributed by atoms with Gasteiger partial charge in [-0.1, -0.05) is 85.0 Å². The Labute approximate surface area is 209 Å². The average molecular weight is 487 g/mol. The van der Waals surface area contributed by atoms with E-state index in [-0.39, 0.29) is 18.0 Å². The largest absolute Gasteiger partial charge is 0.481 e. The summed E-state index contributed by atoms with van der Waals surface area (Å²) in [5.74, 6) is -0.399. The number of carbonyl (C=O) groups is 3. The summed E-state index contributed by atoms with van der Waals surface area (Å²) in [5, 5.41) is 7.42. The van der Waals surface area contributed by atoms with Crippen LogP contribution in [-0.2, 0) is 23.9 Å². The van der Waals surface area contributed by atoms with Gasteiger partial charge in [-0.3, -0.25) is 14.4 Å². The molecular formula is C28H54O6. The van der Waals surface area contributed by atoms with Crippen molar-refractivity contribution in [2.75, 3.05) is 6.61 Å². The third kappa shape index (κ3) is 28.4. The van der Waals surface area contributed by atoms with Crippen molar-refractivity contribution in [3.63, 3.8) is 0 Å². The molecule has 0 aliphatic heterocycles. The van der Waals surface area contributed by atoms with Gasteiger partial charge in [-0.05, 0) is 44.9 Å². The number of hydrogen-bond acceptors (Lipinski definition) is 5. The maximum atomic E-state index is 11.9. The molecule has 0 aromatic rings. The maximum absolute atomic E-state index is 11.9. The van der Waals surface area contributed by atoms with Crippen molar-refractivity contribution in [2.45, 2.75) is 150 Å². The molecule has 0 aromatic heterocycles. The Morgan fingerprint density at radius 1 is 0.706 bits per heavy atom. The van der Waals surface area contributed by atoms with Crippen LogP contribution in [0.25, 0.3) is 0 Å². The van der Waals surface area contributed by atoms with Crippen LogP contribution in [0, 0.1) is 5.92 Å². The standard InChI is InChI=1S/C26H50O4.C2H4O2/c1-5-8-10-12-17-21-26(28)30-23(4)18-15-13-11-14-16-20-25(27)29-22-24(7-3)19-9-6-2;1-2(3)4/h23-24H,5-22H2,1-4H3;1H3,(H,3,4). The van der Waals surface area contributed by atoms with Gasteiger partial charge < -0.3 is 14.6 Å². The highest BCUT2D eigenvalue weighted by atomic mass is 16.5. The molecule has 0 bridgehead atoms. The van der Waals surface area contributed by atoms with Crippen LogP contribution in [0.2, 0.25) is 0 Å². The monoisotopic (exact) mass is 486 g/mol. The zero-order valence-electron chi connectivity index (χ0n) is 22.9. The van der Waals surface area contributed by atoms with Crippen molar-refractivity contribution in [3.05, 3.63) is 0 Å². The highest BCUT2D eigenvalue weighted by molar-refractivity contribution is 5.69. The number of rotatable bonds is 21. The van der Waals surface area contributed by atoms with Gasteiger partial charge in [0.05, 0.1) is 12.7 Å². The second kappa shape index (κ2) is 26.0. The molecule has 0 radical (unpaired) electrons. The topological polar surface area (TPSA) is 89.9 Å². The van der Waals surface area contributed by atoms with E-state index < -0.39 is 5.97 Å². The lowest BCUT2D eigenvalue weighted by Crippen LogP contribution is -2.14. The van der Waals surface area contributed by atoms with Crippen LogP contribution in [0.5, 0.6) is 0 Å². The molecule has 0 saturated heterocycles. The fraction of sp³-hybridized carbons (Fsp3) is 0.893. The van der Waals surface area contributed by atoms with Gasteiger partial charge >= 0.3 is 11.9 Å². The minimum absolute atomic E-state index is 0.0161. The van der Waals surface area contributed by atoms with E-state index in [1.54, 1.807) is 0 Å². The van der Waals surface area contributed by atoms with Crippen LogP contribution in [0.1, 0.15) is 144 Å². The minimum atomic E-state index is -0.833. The molecule has 0 aliphatic carbocycles. The summed E-state index contributed by atoms with van der Waals surface area (Å²) in [6.45, 7) is 10.2. The van der Waals surface area contributed by atoms with E-state index in [1.807, 2.05) is 6.92 Å². The molecule has 1 N–H and O–H groups in total. The molecule has 0 fully saturated rings. The smallest absolute Gasteiger partial charge is 0.306 e. The molecule has 0 heterocycles. The van der Waals surface area contributed by atoms with Gasteiger partial charge in [0, 0.05) is 19.8 Å². The summed E-state index contributed by atoms with van der Waals surface area (Å²) in [6.07, 6.45) is 17.8. The van der Waals surface area contributed by atoms with Crippen molar-refractivity contribution < 1.29 is 29.0 Å². The second-order valence-electron chi connectivity index (χ2n) is 9.39. The fourth-order valence-electron chi connectivity index (χ4n) is 3.63. The molecule has 2 unspecified atom stereocenters. The molecular weight excluding hydrogens is 432 g/mol. The van der Waals surface area contributed by atoms with E-state index in [0.29, 0.717) is 25.4 Å². The first-order chi connectivity index (χ1) is 16.3.